The van der Waals surface area contributed by atoms with E-state index in [-0.39, 0.29) is 11.9 Å². The molecule has 112 valence electrons. The van der Waals surface area contributed by atoms with Gasteiger partial charge in [0.2, 0.25) is 0 Å². The van der Waals surface area contributed by atoms with E-state index in [0.717, 1.165) is 17.7 Å². The van der Waals surface area contributed by atoms with Crippen molar-refractivity contribution in [2.24, 2.45) is 5.73 Å². The van der Waals surface area contributed by atoms with Crippen LogP contribution in [0.5, 0.6) is 0 Å². The van der Waals surface area contributed by atoms with Crippen LogP contribution in [-0.2, 0) is 6.54 Å². The van der Waals surface area contributed by atoms with Gasteiger partial charge in [-0.15, -0.1) is 0 Å². The van der Waals surface area contributed by atoms with Crippen LogP contribution in [0, 0.1) is 19.7 Å². The Morgan fingerprint density at radius 1 is 1.14 bits per heavy atom. The SMILES string of the molecule is Cc1cccc(CN(C)C(CN)c2ccc(F)cc2C)c1. The van der Waals surface area contributed by atoms with Crippen LogP contribution in [0.1, 0.15) is 28.3 Å². The molecule has 0 aliphatic heterocycles. The maximum absolute atomic E-state index is 13.3. The summed E-state index contributed by atoms with van der Waals surface area (Å²) in [4.78, 5) is 2.22. The topological polar surface area (TPSA) is 29.3 Å². The molecule has 0 bridgehead atoms. The first-order chi connectivity index (χ1) is 10.0. The molecule has 0 aliphatic carbocycles. The minimum atomic E-state index is -0.201. The molecule has 2 rings (SSSR count). The zero-order valence-electron chi connectivity index (χ0n) is 12.9. The molecule has 1 unspecified atom stereocenters. The second-order valence-corrected chi connectivity index (χ2v) is 5.66. The molecule has 0 amide bonds. The summed E-state index contributed by atoms with van der Waals surface area (Å²) in [6, 6.07) is 13.5. The predicted octanol–water partition coefficient (Wildman–Crippen LogP) is 3.57. The average Bonchev–Trinajstić information content (AvgIpc) is 2.42. The highest BCUT2D eigenvalue weighted by atomic mass is 19.1. The quantitative estimate of drug-likeness (QED) is 0.910. The van der Waals surface area contributed by atoms with E-state index >= 15 is 0 Å². The molecule has 0 spiro atoms. The van der Waals surface area contributed by atoms with Gasteiger partial charge in [-0.3, -0.25) is 4.90 Å². The minimum absolute atomic E-state index is 0.0890. The zero-order chi connectivity index (χ0) is 15.4. The Hall–Kier alpha value is -1.71. The Balaban J connectivity index is 2.20. The number of hydrogen-bond acceptors (Lipinski definition) is 2. The number of benzene rings is 2. The molecule has 21 heavy (non-hydrogen) atoms. The lowest BCUT2D eigenvalue weighted by atomic mass is 9.99. The van der Waals surface area contributed by atoms with Crippen LogP contribution >= 0.6 is 0 Å². The van der Waals surface area contributed by atoms with Gasteiger partial charge < -0.3 is 5.73 Å². The second kappa shape index (κ2) is 6.83. The van der Waals surface area contributed by atoms with Crippen LogP contribution < -0.4 is 5.73 Å². The van der Waals surface area contributed by atoms with Gasteiger partial charge in [0, 0.05) is 19.1 Å². The summed E-state index contributed by atoms with van der Waals surface area (Å²) in [6.07, 6.45) is 0. The van der Waals surface area contributed by atoms with Crippen molar-refractivity contribution in [3.05, 3.63) is 70.5 Å². The fourth-order valence-corrected chi connectivity index (χ4v) is 2.77. The normalized spacial score (nSPS) is 12.7. The number of aryl methyl sites for hydroxylation is 2. The summed E-state index contributed by atoms with van der Waals surface area (Å²) in [6.45, 7) is 5.35. The maximum atomic E-state index is 13.3. The zero-order valence-corrected chi connectivity index (χ0v) is 12.9. The van der Waals surface area contributed by atoms with Gasteiger partial charge in [-0.1, -0.05) is 35.9 Å². The van der Waals surface area contributed by atoms with E-state index < -0.39 is 0 Å². The van der Waals surface area contributed by atoms with Gasteiger partial charge in [0.05, 0.1) is 0 Å². The monoisotopic (exact) mass is 286 g/mol. The third-order valence-corrected chi connectivity index (χ3v) is 3.86. The predicted molar refractivity (Wildman–Crippen MR) is 85.6 cm³/mol. The Morgan fingerprint density at radius 2 is 1.90 bits per heavy atom. The lowest BCUT2D eigenvalue weighted by Gasteiger charge is -2.28. The molecule has 2 nitrogen and oxygen atoms in total. The van der Waals surface area contributed by atoms with Crippen molar-refractivity contribution in [1.29, 1.82) is 0 Å². The molecule has 1 atom stereocenters. The summed E-state index contributed by atoms with van der Waals surface area (Å²) < 4.78 is 13.3. The van der Waals surface area contributed by atoms with Gasteiger partial charge >= 0.3 is 0 Å². The van der Waals surface area contributed by atoms with Gasteiger partial charge in [-0.25, -0.2) is 4.39 Å². The number of nitrogens with zero attached hydrogens (tertiary/aromatic N) is 1. The second-order valence-electron chi connectivity index (χ2n) is 5.66. The van der Waals surface area contributed by atoms with Crippen LogP contribution in [0.25, 0.3) is 0 Å². The Labute approximate surface area is 126 Å². The molecule has 0 aromatic heterocycles. The van der Waals surface area contributed by atoms with Crippen molar-refractivity contribution < 1.29 is 4.39 Å². The fourth-order valence-electron chi connectivity index (χ4n) is 2.77. The molecular formula is C18H23FN2. The fraction of sp³-hybridized carbons (Fsp3) is 0.333. The third-order valence-electron chi connectivity index (χ3n) is 3.86. The highest BCUT2D eigenvalue weighted by Crippen LogP contribution is 2.24. The van der Waals surface area contributed by atoms with Crippen molar-refractivity contribution in [3.63, 3.8) is 0 Å². The number of nitrogens with two attached hydrogens (primary N) is 1. The van der Waals surface area contributed by atoms with Crippen LogP contribution in [0.15, 0.2) is 42.5 Å². The molecule has 0 saturated carbocycles. The maximum Gasteiger partial charge on any atom is 0.123 e. The molecule has 0 heterocycles. The third kappa shape index (κ3) is 3.90. The van der Waals surface area contributed by atoms with Crippen molar-refractivity contribution in [1.82, 2.24) is 4.90 Å². The van der Waals surface area contributed by atoms with Crippen molar-refractivity contribution >= 4 is 0 Å². The lowest BCUT2D eigenvalue weighted by Crippen LogP contribution is -2.30. The van der Waals surface area contributed by atoms with Gasteiger partial charge in [-0.2, -0.15) is 0 Å². The summed E-state index contributed by atoms with van der Waals surface area (Å²) in [5.41, 5.74) is 10.5. The molecular weight excluding hydrogens is 263 g/mol. The molecule has 2 aromatic rings. The largest absolute Gasteiger partial charge is 0.329 e. The first-order valence-corrected chi connectivity index (χ1v) is 7.23. The number of likely N-dealkylation sites (N-methyl/N-ethyl adjacent to an activating group) is 1. The molecule has 0 aliphatic rings. The van der Waals surface area contributed by atoms with Crippen molar-refractivity contribution in [2.75, 3.05) is 13.6 Å². The van der Waals surface area contributed by atoms with Crippen LogP contribution in [0.2, 0.25) is 0 Å². The Morgan fingerprint density at radius 3 is 2.52 bits per heavy atom. The van der Waals surface area contributed by atoms with E-state index in [9.17, 15) is 4.39 Å². The van der Waals surface area contributed by atoms with E-state index in [1.807, 2.05) is 13.0 Å². The summed E-state index contributed by atoms with van der Waals surface area (Å²) in [5.74, 6) is -0.201. The highest BCUT2D eigenvalue weighted by Gasteiger charge is 2.18. The molecule has 0 radical (unpaired) electrons. The number of hydrogen-bond donors (Lipinski definition) is 1. The number of rotatable bonds is 5. The van der Waals surface area contributed by atoms with E-state index in [1.54, 1.807) is 6.07 Å². The van der Waals surface area contributed by atoms with Gasteiger partial charge in [-0.05, 0) is 49.7 Å². The minimum Gasteiger partial charge on any atom is -0.329 e. The first kappa shape index (κ1) is 15.7. The molecule has 0 saturated heterocycles. The van der Waals surface area contributed by atoms with Crippen LogP contribution in [0.3, 0.4) is 0 Å². The van der Waals surface area contributed by atoms with Crippen LogP contribution in [-0.4, -0.2) is 18.5 Å². The van der Waals surface area contributed by atoms with Crippen molar-refractivity contribution in [3.8, 4) is 0 Å². The summed E-state index contributed by atoms with van der Waals surface area (Å²) in [7, 11) is 2.06. The van der Waals surface area contributed by atoms with Crippen LogP contribution in [0.4, 0.5) is 4.39 Å². The molecule has 2 aromatic carbocycles. The van der Waals surface area contributed by atoms with Crippen molar-refractivity contribution in [2.45, 2.75) is 26.4 Å². The van der Waals surface area contributed by atoms with Gasteiger partial charge in [0.15, 0.2) is 0 Å². The van der Waals surface area contributed by atoms with Gasteiger partial charge in [0.1, 0.15) is 5.82 Å². The van der Waals surface area contributed by atoms with Gasteiger partial charge in [0.25, 0.3) is 0 Å². The standard InChI is InChI=1S/C18H23FN2/c1-13-5-4-6-15(9-13)12-21(3)18(11-20)17-8-7-16(19)10-14(17)2/h4-10,18H,11-12,20H2,1-3H3. The number of halogens is 1. The van der Waals surface area contributed by atoms with E-state index in [0.29, 0.717) is 6.54 Å². The Bertz CT molecular complexity index is 610. The van der Waals surface area contributed by atoms with E-state index in [2.05, 4.69) is 43.1 Å². The highest BCUT2D eigenvalue weighted by molar-refractivity contribution is 5.30. The smallest absolute Gasteiger partial charge is 0.123 e. The molecule has 3 heteroatoms. The van der Waals surface area contributed by atoms with E-state index in [1.165, 1.54) is 17.2 Å². The molecule has 0 fully saturated rings. The van der Waals surface area contributed by atoms with E-state index in [4.69, 9.17) is 5.73 Å². The summed E-state index contributed by atoms with van der Waals surface area (Å²) >= 11 is 0. The average molecular weight is 286 g/mol. The first-order valence-electron chi connectivity index (χ1n) is 7.23. The summed E-state index contributed by atoms with van der Waals surface area (Å²) in [5, 5.41) is 0. The molecule has 2 N–H and O–H groups in total. The lowest BCUT2D eigenvalue weighted by molar-refractivity contribution is 0.241. The Kier molecular flexibility index (Phi) is 5.10.